The Kier molecular flexibility index (Phi) is 4.27. The predicted molar refractivity (Wildman–Crippen MR) is 61.3 cm³/mol. The van der Waals surface area contributed by atoms with E-state index in [-0.39, 0.29) is 5.91 Å². The molecule has 0 aliphatic heterocycles. The van der Waals surface area contributed by atoms with Crippen LogP contribution in [0.3, 0.4) is 0 Å². The third-order valence-corrected chi connectivity index (χ3v) is 2.25. The number of hydrogen-bond acceptors (Lipinski definition) is 1. The van der Waals surface area contributed by atoms with Crippen LogP contribution in [0.2, 0.25) is 0 Å². The average molecular weight is 274 g/mol. The van der Waals surface area contributed by atoms with Gasteiger partial charge in [-0.2, -0.15) is 0 Å². The lowest BCUT2D eigenvalue weighted by Crippen LogP contribution is -2.27. The van der Waals surface area contributed by atoms with Gasteiger partial charge in [0.1, 0.15) is 5.82 Å². The summed E-state index contributed by atoms with van der Waals surface area (Å²) in [5, 5.41) is 2.73. The number of halogens is 2. The summed E-state index contributed by atoms with van der Waals surface area (Å²) in [6.45, 7) is 4.59. The Bertz CT molecular complexity index is 345. The molecule has 2 nitrogen and oxygen atoms in total. The molecule has 0 fully saturated rings. The largest absolute Gasteiger partial charge is 0.352 e. The van der Waals surface area contributed by atoms with E-state index in [0.29, 0.717) is 22.5 Å². The molecule has 0 aliphatic carbocycles. The van der Waals surface area contributed by atoms with Crippen LogP contribution in [0, 0.1) is 11.7 Å². The summed E-state index contributed by atoms with van der Waals surface area (Å²) >= 11 is 3.14. The van der Waals surface area contributed by atoms with Crippen molar-refractivity contribution in [3.05, 3.63) is 34.1 Å². The normalized spacial score (nSPS) is 10.5. The van der Waals surface area contributed by atoms with Gasteiger partial charge in [-0.3, -0.25) is 4.79 Å². The molecule has 82 valence electrons. The maximum atomic E-state index is 13.0. The summed E-state index contributed by atoms with van der Waals surface area (Å²) in [4.78, 5) is 11.6. The summed E-state index contributed by atoms with van der Waals surface area (Å²) < 4.78 is 13.5. The monoisotopic (exact) mass is 273 g/mol. The summed E-state index contributed by atoms with van der Waals surface area (Å²) in [6, 6.07) is 4.14. The molecule has 15 heavy (non-hydrogen) atoms. The second-order valence-electron chi connectivity index (χ2n) is 3.76. The fourth-order valence-electron chi connectivity index (χ4n) is 1.08. The van der Waals surface area contributed by atoms with Crippen LogP contribution in [0.1, 0.15) is 24.2 Å². The molecule has 1 aromatic carbocycles. The minimum atomic E-state index is -0.418. The van der Waals surface area contributed by atoms with Gasteiger partial charge < -0.3 is 5.32 Å². The van der Waals surface area contributed by atoms with Crippen LogP contribution in [0.4, 0.5) is 4.39 Å². The first-order chi connectivity index (χ1) is 6.99. The van der Waals surface area contributed by atoms with E-state index in [9.17, 15) is 9.18 Å². The number of hydrogen-bond donors (Lipinski definition) is 1. The maximum absolute atomic E-state index is 13.0. The zero-order chi connectivity index (χ0) is 11.4. The van der Waals surface area contributed by atoms with Crippen molar-refractivity contribution in [3.8, 4) is 0 Å². The highest BCUT2D eigenvalue weighted by molar-refractivity contribution is 9.10. The predicted octanol–water partition coefficient (Wildman–Crippen LogP) is 2.97. The smallest absolute Gasteiger partial charge is 0.251 e. The molecule has 0 heterocycles. The Balaban J connectivity index is 2.73. The van der Waals surface area contributed by atoms with Crippen molar-refractivity contribution in [3.63, 3.8) is 0 Å². The Morgan fingerprint density at radius 1 is 1.47 bits per heavy atom. The van der Waals surface area contributed by atoms with E-state index < -0.39 is 5.82 Å². The Labute approximate surface area is 97.0 Å². The summed E-state index contributed by atoms with van der Waals surface area (Å²) in [5.74, 6) is -0.283. The average Bonchev–Trinajstić information content (AvgIpc) is 2.12. The lowest BCUT2D eigenvalue weighted by molar-refractivity contribution is 0.0948. The van der Waals surface area contributed by atoms with E-state index >= 15 is 0 Å². The number of nitrogens with one attached hydrogen (secondary N) is 1. The van der Waals surface area contributed by atoms with Gasteiger partial charge in [-0.1, -0.05) is 29.8 Å². The summed E-state index contributed by atoms with van der Waals surface area (Å²) in [7, 11) is 0. The second-order valence-corrected chi connectivity index (χ2v) is 4.68. The highest BCUT2D eigenvalue weighted by atomic mass is 79.9. The number of carbonyl (C=O) groups is 1. The van der Waals surface area contributed by atoms with Crippen molar-refractivity contribution in [1.82, 2.24) is 5.32 Å². The molecule has 0 aromatic heterocycles. The van der Waals surface area contributed by atoms with Gasteiger partial charge in [-0.25, -0.2) is 4.39 Å². The van der Waals surface area contributed by atoms with E-state index in [4.69, 9.17) is 0 Å². The zero-order valence-electron chi connectivity index (χ0n) is 8.68. The Morgan fingerprint density at radius 2 is 2.13 bits per heavy atom. The molecular weight excluding hydrogens is 261 g/mol. The molecule has 1 rings (SSSR count). The molecule has 1 aromatic rings. The first-order valence-corrected chi connectivity index (χ1v) is 5.52. The molecular formula is C11H13BrFNO. The first kappa shape index (κ1) is 12.2. The lowest BCUT2D eigenvalue weighted by Gasteiger charge is -2.07. The van der Waals surface area contributed by atoms with Crippen LogP contribution in [0.25, 0.3) is 0 Å². The van der Waals surface area contributed by atoms with Gasteiger partial charge in [0.05, 0.1) is 0 Å². The molecule has 1 N–H and O–H groups in total. The Hall–Kier alpha value is -0.900. The molecule has 0 saturated carbocycles. The van der Waals surface area contributed by atoms with Gasteiger partial charge in [0, 0.05) is 16.6 Å². The van der Waals surface area contributed by atoms with Crippen molar-refractivity contribution in [2.75, 3.05) is 6.54 Å². The molecule has 0 aliphatic rings. The standard InChI is InChI=1S/C11H13BrFNO/c1-7(2)6-14-11(15)8-3-9(12)5-10(13)4-8/h3-5,7H,6H2,1-2H3,(H,14,15). The fraction of sp³-hybridized carbons (Fsp3) is 0.364. The van der Waals surface area contributed by atoms with Gasteiger partial charge in [-0.15, -0.1) is 0 Å². The molecule has 0 radical (unpaired) electrons. The van der Waals surface area contributed by atoms with Crippen LogP contribution in [0.5, 0.6) is 0 Å². The maximum Gasteiger partial charge on any atom is 0.251 e. The molecule has 0 saturated heterocycles. The van der Waals surface area contributed by atoms with Crippen molar-refractivity contribution >= 4 is 21.8 Å². The van der Waals surface area contributed by atoms with Crippen LogP contribution >= 0.6 is 15.9 Å². The SMILES string of the molecule is CC(C)CNC(=O)c1cc(F)cc(Br)c1. The first-order valence-electron chi connectivity index (χ1n) is 4.73. The second kappa shape index (κ2) is 5.26. The number of amides is 1. The highest BCUT2D eigenvalue weighted by Crippen LogP contribution is 2.14. The van der Waals surface area contributed by atoms with E-state index in [0.717, 1.165) is 0 Å². The molecule has 0 spiro atoms. The quantitative estimate of drug-likeness (QED) is 0.902. The van der Waals surface area contributed by atoms with Gasteiger partial charge in [-0.05, 0) is 24.1 Å². The third kappa shape index (κ3) is 4.00. The van der Waals surface area contributed by atoms with Gasteiger partial charge in [0.2, 0.25) is 0 Å². The van der Waals surface area contributed by atoms with E-state index in [1.54, 1.807) is 6.07 Å². The summed E-state index contributed by atoms with van der Waals surface area (Å²) in [5.41, 5.74) is 0.336. The van der Waals surface area contributed by atoms with E-state index in [1.165, 1.54) is 12.1 Å². The number of rotatable bonds is 3. The molecule has 0 bridgehead atoms. The van der Waals surface area contributed by atoms with Crippen LogP contribution in [-0.2, 0) is 0 Å². The zero-order valence-corrected chi connectivity index (χ0v) is 10.3. The topological polar surface area (TPSA) is 29.1 Å². The highest BCUT2D eigenvalue weighted by Gasteiger charge is 2.08. The lowest BCUT2D eigenvalue weighted by atomic mass is 10.2. The van der Waals surface area contributed by atoms with Crippen molar-refractivity contribution < 1.29 is 9.18 Å². The van der Waals surface area contributed by atoms with Gasteiger partial charge in [0.15, 0.2) is 0 Å². The van der Waals surface area contributed by atoms with Crippen LogP contribution in [0.15, 0.2) is 22.7 Å². The molecule has 0 atom stereocenters. The van der Waals surface area contributed by atoms with Gasteiger partial charge >= 0.3 is 0 Å². The number of benzene rings is 1. The van der Waals surface area contributed by atoms with E-state index in [1.807, 2.05) is 13.8 Å². The van der Waals surface area contributed by atoms with Crippen LogP contribution < -0.4 is 5.32 Å². The van der Waals surface area contributed by atoms with Gasteiger partial charge in [0.25, 0.3) is 5.91 Å². The summed E-state index contributed by atoms with van der Waals surface area (Å²) in [6.07, 6.45) is 0. The van der Waals surface area contributed by atoms with Crippen LogP contribution in [-0.4, -0.2) is 12.5 Å². The van der Waals surface area contributed by atoms with Crippen molar-refractivity contribution in [2.24, 2.45) is 5.92 Å². The third-order valence-electron chi connectivity index (χ3n) is 1.80. The minimum absolute atomic E-state index is 0.246. The van der Waals surface area contributed by atoms with Crippen molar-refractivity contribution in [1.29, 1.82) is 0 Å². The van der Waals surface area contributed by atoms with E-state index in [2.05, 4.69) is 21.2 Å². The minimum Gasteiger partial charge on any atom is -0.352 e. The molecule has 4 heteroatoms. The fourth-order valence-corrected chi connectivity index (χ4v) is 1.55. The Morgan fingerprint density at radius 3 is 2.67 bits per heavy atom. The number of carbonyl (C=O) groups excluding carboxylic acids is 1. The van der Waals surface area contributed by atoms with Crippen molar-refractivity contribution in [2.45, 2.75) is 13.8 Å². The molecule has 1 amide bonds. The molecule has 0 unspecified atom stereocenters.